The van der Waals surface area contributed by atoms with E-state index in [-0.39, 0.29) is 5.41 Å². The van der Waals surface area contributed by atoms with Crippen LogP contribution in [0.5, 0.6) is 0 Å². The molecule has 0 unspecified atom stereocenters. The van der Waals surface area contributed by atoms with E-state index in [2.05, 4.69) is 36.1 Å². The second kappa shape index (κ2) is 4.31. The molecule has 3 aromatic heterocycles. The van der Waals surface area contributed by atoms with E-state index in [0.29, 0.717) is 0 Å². The van der Waals surface area contributed by atoms with E-state index in [4.69, 9.17) is 4.42 Å². The summed E-state index contributed by atoms with van der Waals surface area (Å²) in [5, 5.41) is 13.8. The van der Waals surface area contributed by atoms with Crippen LogP contribution in [-0.2, 0) is 5.41 Å². The summed E-state index contributed by atoms with van der Waals surface area (Å²) >= 11 is 1.51. The maximum atomic E-state index is 5.24. The number of nitrogens with zero attached hydrogens (tertiary/aromatic N) is 4. The van der Waals surface area contributed by atoms with Crippen molar-refractivity contribution in [2.45, 2.75) is 26.2 Å². The molecule has 98 valence electrons. The molecule has 19 heavy (non-hydrogen) atoms. The standard InChI is InChI=1S/C13H14N4OS/c1-13(2,3)11-14-15-12-17(11)16-10(19-12)7-6-9-5-4-8-18-9/h4-8H,1-3H3/b7-6+. The SMILES string of the molecule is CC(C)(C)c1nnc2sc(/C=C/c3ccco3)nn12. The number of aromatic nitrogens is 4. The molecule has 0 spiro atoms. The first kappa shape index (κ1) is 12.1. The van der Waals surface area contributed by atoms with Crippen LogP contribution in [0.2, 0.25) is 0 Å². The Kier molecular flexibility index (Phi) is 2.74. The molecular formula is C13H14N4OS. The van der Waals surface area contributed by atoms with Gasteiger partial charge >= 0.3 is 0 Å². The summed E-state index contributed by atoms with van der Waals surface area (Å²) in [5.41, 5.74) is -0.0739. The molecule has 6 heteroatoms. The maximum absolute atomic E-state index is 5.24. The molecule has 0 saturated carbocycles. The molecule has 0 aliphatic heterocycles. The predicted molar refractivity (Wildman–Crippen MR) is 75.0 cm³/mol. The van der Waals surface area contributed by atoms with Crippen molar-refractivity contribution in [1.82, 2.24) is 19.8 Å². The lowest BCUT2D eigenvalue weighted by Crippen LogP contribution is -2.16. The molecule has 3 aromatic rings. The fourth-order valence-electron chi connectivity index (χ4n) is 1.71. The molecule has 3 rings (SSSR count). The van der Waals surface area contributed by atoms with Gasteiger partial charge in [-0.15, -0.1) is 10.2 Å². The molecule has 0 aliphatic carbocycles. The number of hydrogen-bond acceptors (Lipinski definition) is 5. The molecule has 0 aromatic carbocycles. The van der Waals surface area contributed by atoms with E-state index in [0.717, 1.165) is 21.6 Å². The molecule has 0 bridgehead atoms. The van der Waals surface area contributed by atoms with Gasteiger partial charge in [0, 0.05) is 5.41 Å². The molecule has 5 nitrogen and oxygen atoms in total. The first-order valence-electron chi connectivity index (χ1n) is 5.98. The van der Waals surface area contributed by atoms with Crippen molar-refractivity contribution in [2.24, 2.45) is 0 Å². The highest BCUT2D eigenvalue weighted by molar-refractivity contribution is 7.17. The van der Waals surface area contributed by atoms with Gasteiger partial charge in [0.2, 0.25) is 4.96 Å². The van der Waals surface area contributed by atoms with Gasteiger partial charge in [-0.25, -0.2) is 0 Å². The first-order valence-corrected chi connectivity index (χ1v) is 6.80. The van der Waals surface area contributed by atoms with Crippen LogP contribution in [-0.4, -0.2) is 19.8 Å². The van der Waals surface area contributed by atoms with Crippen molar-refractivity contribution in [3.63, 3.8) is 0 Å². The minimum absolute atomic E-state index is 0.0739. The van der Waals surface area contributed by atoms with Crippen LogP contribution >= 0.6 is 11.3 Å². The van der Waals surface area contributed by atoms with Crippen LogP contribution in [0.4, 0.5) is 0 Å². The van der Waals surface area contributed by atoms with E-state index in [1.165, 1.54) is 11.3 Å². The number of fused-ring (bicyclic) bond motifs is 1. The Balaban J connectivity index is 1.96. The zero-order chi connectivity index (χ0) is 13.5. The molecule has 0 N–H and O–H groups in total. The zero-order valence-corrected chi connectivity index (χ0v) is 11.8. The van der Waals surface area contributed by atoms with Gasteiger partial charge in [0.15, 0.2) is 5.82 Å². The smallest absolute Gasteiger partial charge is 0.234 e. The second-order valence-electron chi connectivity index (χ2n) is 5.26. The van der Waals surface area contributed by atoms with Crippen LogP contribution in [0.3, 0.4) is 0 Å². The highest BCUT2D eigenvalue weighted by Gasteiger charge is 2.22. The monoisotopic (exact) mass is 274 g/mol. The van der Waals surface area contributed by atoms with E-state index >= 15 is 0 Å². The summed E-state index contributed by atoms with van der Waals surface area (Å²) in [6, 6.07) is 3.76. The lowest BCUT2D eigenvalue weighted by atomic mass is 9.96. The minimum atomic E-state index is -0.0739. The van der Waals surface area contributed by atoms with E-state index in [1.807, 2.05) is 28.8 Å². The van der Waals surface area contributed by atoms with E-state index in [9.17, 15) is 0 Å². The number of hydrogen-bond donors (Lipinski definition) is 0. The Hall–Kier alpha value is -1.95. The van der Waals surface area contributed by atoms with E-state index in [1.54, 1.807) is 6.26 Å². The fraction of sp³-hybridized carbons (Fsp3) is 0.308. The zero-order valence-electron chi connectivity index (χ0n) is 11.0. The number of rotatable bonds is 2. The van der Waals surface area contributed by atoms with Gasteiger partial charge in [0.25, 0.3) is 0 Å². The third-order valence-corrected chi connectivity index (χ3v) is 3.47. The molecule has 0 saturated heterocycles. The third-order valence-electron chi connectivity index (χ3n) is 2.61. The van der Waals surface area contributed by atoms with Crippen molar-refractivity contribution >= 4 is 28.4 Å². The Morgan fingerprint density at radius 1 is 1.26 bits per heavy atom. The molecular weight excluding hydrogens is 260 g/mol. The summed E-state index contributed by atoms with van der Waals surface area (Å²) < 4.78 is 7.06. The molecule has 0 aliphatic rings. The van der Waals surface area contributed by atoms with Crippen LogP contribution in [0.15, 0.2) is 22.8 Å². The van der Waals surface area contributed by atoms with Gasteiger partial charge in [-0.3, -0.25) is 0 Å². The first-order chi connectivity index (χ1) is 9.04. The lowest BCUT2D eigenvalue weighted by molar-refractivity contribution is 0.527. The number of furan rings is 1. The molecule has 0 fully saturated rings. The minimum Gasteiger partial charge on any atom is -0.465 e. The summed E-state index contributed by atoms with van der Waals surface area (Å²) in [5.74, 6) is 1.68. The summed E-state index contributed by atoms with van der Waals surface area (Å²) in [4.78, 5) is 0.809. The van der Waals surface area contributed by atoms with E-state index < -0.39 is 0 Å². The van der Waals surface area contributed by atoms with Gasteiger partial charge in [-0.05, 0) is 24.3 Å². The van der Waals surface area contributed by atoms with Crippen molar-refractivity contribution in [3.05, 3.63) is 35.0 Å². The fourth-order valence-corrected chi connectivity index (χ4v) is 2.45. The Morgan fingerprint density at radius 2 is 2.11 bits per heavy atom. The van der Waals surface area contributed by atoms with Crippen LogP contribution in [0.1, 0.15) is 37.4 Å². The van der Waals surface area contributed by atoms with Crippen LogP contribution < -0.4 is 0 Å². The van der Waals surface area contributed by atoms with Crippen molar-refractivity contribution in [2.75, 3.05) is 0 Å². The average molecular weight is 274 g/mol. The molecule has 0 radical (unpaired) electrons. The summed E-state index contributed by atoms with van der Waals surface area (Å²) in [7, 11) is 0. The Labute approximate surface area is 114 Å². The Bertz CT molecular complexity index is 716. The summed E-state index contributed by atoms with van der Waals surface area (Å²) in [6.45, 7) is 6.30. The van der Waals surface area contributed by atoms with Crippen molar-refractivity contribution < 1.29 is 4.42 Å². The van der Waals surface area contributed by atoms with Crippen LogP contribution in [0, 0.1) is 0 Å². The topological polar surface area (TPSA) is 56.2 Å². The predicted octanol–water partition coefficient (Wildman–Crippen LogP) is 3.25. The molecule has 3 heterocycles. The van der Waals surface area contributed by atoms with Gasteiger partial charge in [0.1, 0.15) is 10.8 Å². The molecule has 0 atom stereocenters. The van der Waals surface area contributed by atoms with Gasteiger partial charge in [0.05, 0.1) is 6.26 Å². The van der Waals surface area contributed by atoms with Gasteiger partial charge in [-0.2, -0.15) is 9.61 Å². The highest BCUT2D eigenvalue weighted by Crippen LogP contribution is 2.24. The second-order valence-corrected chi connectivity index (χ2v) is 6.24. The Morgan fingerprint density at radius 3 is 2.79 bits per heavy atom. The van der Waals surface area contributed by atoms with Gasteiger partial charge < -0.3 is 4.42 Å². The third kappa shape index (κ3) is 2.31. The average Bonchev–Trinajstić information content (AvgIpc) is 3.00. The normalized spacial score (nSPS) is 12.8. The van der Waals surface area contributed by atoms with Crippen molar-refractivity contribution in [1.29, 1.82) is 0 Å². The molecule has 0 amide bonds. The van der Waals surface area contributed by atoms with Gasteiger partial charge in [-0.1, -0.05) is 32.1 Å². The quantitative estimate of drug-likeness (QED) is 0.719. The van der Waals surface area contributed by atoms with Crippen molar-refractivity contribution in [3.8, 4) is 0 Å². The highest BCUT2D eigenvalue weighted by atomic mass is 32.1. The summed E-state index contributed by atoms with van der Waals surface area (Å²) in [6.07, 6.45) is 5.46. The maximum Gasteiger partial charge on any atom is 0.234 e. The lowest BCUT2D eigenvalue weighted by Gasteiger charge is -2.13. The largest absolute Gasteiger partial charge is 0.465 e. The van der Waals surface area contributed by atoms with Crippen LogP contribution in [0.25, 0.3) is 17.1 Å².